The van der Waals surface area contributed by atoms with E-state index >= 15 is 0 Å². The minimum atomic E-state index is -0.480. The smallest absolute Gasteiger partial charge is 0.374 e. The van der Waals surface area contributed by atoms with Gasteiger partial charge in [-0.2, -0.15) is 0 Å². The Labute approximate surface area is 101 Å². The van der Waals surface area contributed by atoms with Crippen LogP contribution >= 0.6 is 0 Å². The van der Waals surface area contributed by atoms with Crippen LogP contribution < -0.4 is 5.32 Å². The summed E-state index contributed by atoms with van der Waals surface area (Å²) in [6.45, 7) is 4.59. The van der Waals surface area contributed by atoms with Gasteiger partial charge in [0.25, 0.3) is 0 Å². The summed E-state index contributed by atoms with van der Waals surface area (Å²) < 4.78 is 9.69. The number of aliphatic hydroxyl groups is 1. The van der Waals surface area contributed by atoms with Crippen molar-refractivity contribution >= 4 is 5.97 Å². The van der Waals surface area contributed by atoms with E-state index in [9.17, 15) is 4.79 Å². The van der Waals surface area contributed by atoms with Crippen LogP contribution in [0.4, 0.5) is 0 Å². The first-order valence-corrected chi connectivity index (χ1v) is 5.51. The van der Waals surface area contributed by atoms with E-state index < -0.39 is 5.97 Å². The number of hydrogen-bond acceptors (Lipinski definition) is 5. The van der Waals surface area contributed by atoms with Crippen LogP contribution in [0.5, 0.6) is 0 Å². The SMILES string of the molecule is COC(=O)c1occc1CNC(C)(C)CCO. The van der Waals surface area contributed by atoms with Crippen LogP contribution in [0.1, 0.15) is 36.4 Å². The van der Waals surface area contributed by atoms with E-state index in [2.05, 4.69) is 10.1 Å². The maximum absolute atomic E-state index is 11.4. The molecule has 1 aromatic rings. The quantitative estimate of drug-likeness (QED) is 0.735. The zero-order valence-electron chi connectivity index (χ0n) is 10.4. The molecule has 5 heteroatoms. The number of ether oxygens (including phenoxy) is 1. The predicted octanol–water partition coefficient (Wildman–Crippen LogP) is 1.32. The van der Waals surface area contributed by atoms with Gasteiger partial charge in [-0.1, -0.05) is 0 Å². The first kappa shape index (κ1) is 13.7. The second-order valence-electron chi connectivity index (χ2n) is 4.48. The molecule has 1 heterocycles. The number of rotatable bonds is 6. The maximum atomic E-state index is 11.4. The van der Waals surface area contributed by atoms with E-state index in [1.54, 1.807) is 6.07 Å². The molecule has 0 fully saturated rings. The molecule has 0 saturated carbocycles. The van der Waals surface area contributed by atoms with Gasteiger partial charge in [-0.15, -0.1) is 0 Å². The zero-order valence-corrected chi connectivity index (χ0v) is 10.4. The summed E-state index contributed by atoms with van der Waals surface area (Å²) in [6.07, 6.45) is 2.10. The molecule has 0 saturated heterocycles. The lowest BCUT2D eigenvalue weighted by atomic mass is 10.0. The van der Waals surface area contributed by atoms with Crippen molar-refractivity contribution in [1.29, 1.82) is 0 Å². The maximum Gasteiger partial charge on any atom is 0.374 e. The number of nitrogens with one attached hydrogen (secondary N) is 1. The third kappa shape index (κ3) is 3.87. The van der Waals surface area contributed by atoms with Crippen molar-refractivity contribution in [3.05, 3.63) is 23.7 Å². The van der Waals surface area contributed by atoms with Crippen LogP contribution in [0.15, 0.2) is 16.7 Å². The Bertz CT molecular complexity index is 370. The molecular weight excluding hydrogens is 222 g/mol. The zero-order chi connectivity index (χ0) is 12.9. The highest BCUT2D eigenvalue weighted by atomic mass is 16.5. The Kier molecular flexibility index (Phi) is 4.72. The van der Waals surface area contributed by atoms with Crippen LogP contribution in [-0.2, 0) is 11.3 Å². The summed E-state index contributed by atoms with van der Waals surface area (Å²) in [6, 6.07) is 1.73. The lowest BCUT2D eigenvalue weighted by Crippen LogP contribution is -2.39. The number of methoxy groups -OCH3 is 1. The minimum Gasteiger partial charge on any atom is -0.463 e. The molecule has 0 aliphatic rings. The Morgan fingerprint density at radius 1 is 1.59 bits per heavy atom. The standard InChI is InChI=1S/C12H19NO4/c1-12(2,5-6-14)13-8-9-4-7-17-10(9)11(15)16-3/h4,7,13-14H,5-6,8H2,1-3H3. The van der Waals surface area contributed by atoms with Crippen molar-refractivity contribution in [2.75, 3.05) is 13.7 Å². The summed E-state index contributed by atoms with van der Waals surface area (Å²) in [5.74, 6) is -0.258. The lowest BCUT2D eigenvalue weighted by molar-refractivity contribution is 0.0562. The summed E-state index contributed by atoms with van der Waals surface area (Å²) >= 11 is 0. The summed E-state index contributed by atoms with van der Waals surface area (Å²) in [4.78, 5) is 11.4. The fraction of sp³-hybridized carbons (Fsp3) is 0.583. The van der Waals surface area contributed by atoms with Crippen molar-refractivity contribution in [1.82, 2.24) is 5.32 Å². The number of carbonyl (C=O) groups is 1. The van der Waals surface area contributed by atoms with E-state index in [0.29, 0.717) is 13.0 Å². The molecule has 0 atom stereocenters. The van der Waals surface area contributed by atoms with E-state index in [0.717, 1.165) is 5.56 Å². The Morgan fingerprint density at radius 2 is 2.29 bits per heavy atom. The van der Waals surface area contributed by atoms with E-state index in [4.69, 9.17) is 9.52 Å². The highest BCUT2D eigenvalue weighted by Gasteiger charge is 2.20. The third-order valence-corrected chi connectivity index (χ3v) is 2.61. The second kappa shape index (κ2) is 5.84. The molecule has 17 heavy (non-hydrogen) atoms. The molecule has 0 unspecified atom stereocenters. The number of hydrogen-bond donors (Lipinski definition) is 2. The van der Waals surface area contributed by atoms with Crippen molar-refractivity contribution in [3.63, 3.8) is 0 Å². The van der Waals surface area contributed by atoms with Gasteiger partial charge in [0.2, 0.25) is 5.76 Å². The molecule has 0 radical (unpaired) electrons. The summed E-state index contributed by atoms with van der Waals surface area (Å²) in [7, 11) is 1.32. The summed E-state index contributed by atoms with van der Waals surface area (Å²) in [5, 5.41) is 12.2. The van der Waals surface area contributed by atoms with Gasteiger partial charge in [0.15, 0.2) is 0 Å². The molecule has 96 valence electrons. The first-order valence-electron chi connectivity index (χ1n) is 5.51. The number of aliphatic hydroxyl groups excluding tert-OH is 1. The highest BCUT2D eigenvalue weighted by molar-refractivity contribution is 5.87. The molecule has 0 bridgehead atoms. The molecule has 1 rings (SSSR count). The van der Waals surface area contributed by atoms with Gasteiger partial charge in [0, 0.05) is 24.3 Å². The molecule has 0 spiro atoms. The van der Waals surface area contributed by atoms with Gasteiger partial charge in [0.05, 0.1) is 13.4 Å². The van der Waals surface area contributed by atoms with E-state index in [1.165, 1.54) is 13.4 Å². The van der Waals surface area contributed by atoms with Gasteiger partial charge in [-0.25, -0.2) is 4.79 Å². The number of esters is 1. The first-order chi connectivity index (χ1) is 8.00. The van der Waals surface area contributed by atoms with E-state index in [-0.39, 0.29) is 17.9 Å². The number of furan rings is 1. The lowest BCUT2D eigenvalue weighted by Gasteiger charge is -2.25. The van der Waals surface area contributed by atoms with Gasteiger partial charge in [-0.3, -0.25) is 0 Å². The molecular formula is C12H19NO4. The molecule has 2 N–H and O–H groups in total. The van der Waals surface area contributed by atoms with Crippen molar-refractivity contribution in [2.45, 2.75) is 32.4 Å². The largest absolute Gasteiger partial charge is 0.463 e. The Morgan fingerprint density at radius 3 is 2.88 bits per heavy atom. The van der Waals surface area contributed by atoms with Crippen LogP contribution in [0.3, 0.4) is 0 Å². The molecule has 0 aromatic carbocycles. The Hall–Kier alpha value is -1.33. The van der Waals surface area contributed by atoms with Gasteiger partial charge in [-0.05, 0) is 26.3 Å². The molecule has 0 aliphatic carbocycles. The number of carbonyl (C=O) groups excluding carboxylic acids is 1. The van der Waals surface area contributed by atoms with Gasteiger partial charge < -0.3 is 19.6 Å². The van der Waals surface area contributed by atoms with Crippen molar-refractivity contribution < 1.29 is 19.1 Å². The second-order valence-corrected chi connectivity index (χ2v) is 4.48. The minimum absolute atomic E-state index is 0.120. The fourth-order valence-electron chi connectivity index (χ4n) is 1.45. The van der Waals surface area contributed by atoms with Crippen LogP contribution in [0.2, 0.25) is 0 Å². The van der Waals surface area contributed by atoms with Crippen LogP contribution in [-0.4, -0.2) is 30.3 Å². The molecule has 0 aliphatic heterocycles. The van der Waals surface area contributed by atoms with Gasteiger partial charge in [0.1, 0.15) is 0 Å². The molecule has 1 aromatic heterocycles. The predicted molar refractivity (Wildman–Crippen MR) is 62.7 cm³/mol. The van der Waals surface area contributed by atoms with Crippen LogP contribution in [0.25, 0.3) is 0 Å². The van der Waals surface area contributed by atoms with Crippen LogP contribution in [0, 0.1) is 0 Å². The topological polar surface area (TPSA) is 71.7 Å². The van der Waals surface area contributed by atoms with E-state index in [1.807, 2.05) is 13.8 Å². The average molecular weight is 241 g/mol. The monoisotopic (exact) mass is 241 g/mol. The third-order valence-electron chi connectivity index (χ3n) is 2.61. The van der Waals surface area contributed by atoms with Crippen molar-refractivity contribution in [2.24, 2.45) is 0 Å². The average Bonchev–Trinajstić information content (AvgIpc) is 2.73. The highest BCUT2D eigenvalue weighted by Crippen LogP contribution is 2.14. The normalized spacial score (nSPS) is 11.5. The van der Waals surface area contributed by atoms with Gasteiger partial charge >= 0.3 is 5.97 Å². The Balaban J connectivity index is 2.64. The molecule has 0 amide bonds. The van der Waals surface area contributed by atoms with Crippen molar-refractivity contribution in [3.8, 4) is 0 Å². The fourth-order valence-corrected chi connectivity index (χ4v) is 1.45. The summed E-state index contributed by atoms with van der Waals surface area (Å²) in [5.41, 5.74) is 0.558. The molecule has 5 nitrogen and oxygen atoms in total.